The van der Waals surface area contributed by atoms with Gasteiger partial charge in [0.15, 0.2) is 0 Å². The Kier molecular flexibility index (Phi) is 3.53. The van der Waals surface area contributed by atoms with Gasteiger partial charge in [-0.25, -0.2) is 4.39 Å². The number of benzene rings is 2. The second-order valence-electron chi connectivity index (χ2n) is 3.67. The van der Waals surface area contributed by atoms with Crippen molar-refractivity contribution in [2.24, 2.45) is 0 Å². The number of Topliss-reactive ketones (excluding diaryl/α,β-unsaturated/α-hetero) is 2. The maximum absolute atomic E-state index is 12.7. The third kappa shape index (κ3) is 2.63. The van der Waals surface area contributed by atoms with Gasteiger partial charge in [0.25, 0.3) is 0 Å². The van der Waals surface area contributed by atoms with Crippen LogP contribution in [0.25, 0.3) is 0 Å². The zero-order chi connectivity index (χ0) is 13.1. The van der Waals surface area contributed by atoms with Crippen molar-refractivity contribution in [3.8, 4) is 0 Å². The smallest absolute Gasteiger partial charge is 0.233 e. The highest BCUT2D eigenvalue weighted by Crippen LogP contribution is 2.13. The lowest BCUT2D eigenvalue weighted by molar-refractivity contribution is 0.0817. The summed E-state index contributed by atoms with van der Waals surface area (Å²) in [5, 5.41) is 0.487. The van der Waals surface area contributed by atoms with E-state index in [1.165, 1.54) is 36.4 Å². The number of carbonyl (C=O) groups is 2. The van der Waals surface area contributed by atoms with Crippen molar-refractivity contribution >= 4 is 23.2 Å². The van der Waals surface area contributed by atoms with Crippen LogP contribution in [0.1, 0.15) is 20.7 Å². The normalized spacial score (nSPS) is 10.1. The van der Waals surface area contributed by atoms with Gasteiger partial charge in [0.2, 0.25) is 11.6 Å². The maximum Gasteiger partial charge on any atom is 0.233 e. The highest BCUT2D eigenvalue weighted by molar-refractivity contribution is 6.49. The molecule has 0 heterocycles. The molecule has 0 bridgehead atoms. The van der Waals surface area contributed by atoms with E-state index in [9.17, 15) is 14.0 Å². The lowest BCUT2D eigenvalue weighted by Gasteiger charge is -2.01. The summed E-state index contributed by atoms with van der Waals surface area (Å²) in [5.74, 6) is -1.76. The standard InChI is InChI=1S/C14H8ClFO2/c15-11-5-1-9(2-6-11)13(17)14(18)10-3-7-12(16)8-4-10/h1-8H. The quantitative estimate of drug-likeness (QED) is 0.626. The van der Waals surface area contributed by atoms with E-state index >= 15 is 0 Å². The Morgan fingerprint density at radius 2 is 1.17 bits per heavy atom. The molecular weight excluding hydrogens is 255 g/mol. The third-order valence-electron chi connectivity index (χ3n) is 2.42. The first-order valence-electron chi connectivity index (χ1n) is 5.18. The number of rotatable bonds is 3. The summed E-state index contributed by atoms with van der Waals surface area (Å²) in [6.45, 7) is 0. The van der Waals surface area contributed by atoms with Crippen molar-refractivity contribution in [1.29, 1.82) is 0 Å². The summed E-state index contributed by atoms with van der Waals surface area (Å²) in [6, 6.07) is 10.9. The molecule has 18 heavy (non-hydrogen) atoms. The molecule has 0 saturated carbocycles. The Morgan fingerprint density at radius 1 is 0.778 bits per heavy atom. The SMILES string of the molecule is O=C(C(=O)c1ccc(Cl)cc1)c1ccc(F)cc1. The van der Waals surface area contributed by atoms with E-state index in [-0.39, 0.29) is 11.1 Å². The van der Waals surface area contributed by atoms with E-state index in [1.807, 2.05) is 0 Å². The first kappa shape index (κ1) is 12.5. The van der Waals surface area contributed by atoms with Crippen molar-refractivity contribution in [3.05, 3.63) is 70.5 Å². The van der Waals surface area contributed by atoms with Gasteiger partial charge in [0.1, 0.15) is 5.82 Å². The topological polar surface area (TPSA) is 34.1 Å². The van der Waals surface area contributed by atoms with E-state index in [0.717, 1.165) is 12.1 Å². The van der Waals surface area contributed by atoms with Crippen LogP contribution in [-0.4, -0.2) is 11.6 Å². The fourth-order valence-electron chi connectivity index (χ4n) is 1.46. The van der Waals surface area contributed by atoms with Gasteiger partial charge in [-0.15, -0.1) is 0 Å². The second kappa shape index (κ2) is 5.10. The van der Waals surface area contributed by atoms with Crippen LogP contribution in [0.4, 0.5) is 4.39 Å². The molecule has 0 aliphatic rings. The van der Waals surface area contributed by atoms with Gasteiger partial charge in [-0.1, -0.05) is 11.6 Å². The van der Waals surface area contributed by atoms with Crippen LogP contribution in [0, 0.1) is 5.82 Å². The van der Waals surface area contributed by atoms with Gasteiger partial charge in [-0.05, 0) is 48.5 Å². The van der Waals surface area contributed by atoms with Crippen LogP contribution in [0.2, 0.25) is 5.02 Å². The first-order valence-corrected chi connectivity index (χ1v) is 5.56. The minimum atomic E-state index is -0.669. The molecular formula is C14H8ClFO2. The molecule has 0 unspecified atom stereocenters. The van der Waals surface area contributed by atoms with Crippen LogP contribution in [0.15, 0.2) is 48.5 Å². The summed E-state index contributed by atoms with van der Waals surface area (Å²) >= 11 is 5.69. The minimum Gasteiger partial charge on any atom is -0.285 e. The summed E-state index contributed by atoms with van der Waals surface area (Å²) in [4.78, 5) is 23.7. The van der Waals surface area contributed by atoms with E-state index in [4.69, 9.17) is 11.6 Å². The van der Waals surface area contributed by atoms with E-state index in [1.54, 1.807) is 0 Å². The Balaban J connectivity index is 2.26. The van der Waals surface area contributed by atoms with E-state index in [0.29, 0.717) is 5.02 Å². The molecule has 2 nitrogen and oxygen atoms in total. The lowest BCUT2D eigenvalue weighted by atomic mass is 10.0. The Labute approximate surface area is 108 Å². The van der Waals surface area contributed by atoms with Crippen LogP contribution in [0.5, 0.6) is 0 Å². The van der Waals surface area contributed by atoms with Crippen molar-refractivity contribution in [3.63, 3.8) is 0 Å². The van der Waals surface area contributed by atoms with Crippen molar-refractivity contribution in [1.82, 2.24) is 0 Å². The molecule has 0 aliphatic carbocycles. The highest BCUT2D eigenvalue weighted by Gasteiger charge is 2.17. The zero-order valence-corrected chi connectivity index (χ0v) is 9.95. The fourth-order valence-corrected chi connectivity index (χ4v) is 1.59. The van der Waals surface area contributed by atoms with E-state index in [2.05, 4.69) is 0 Å². The molecule has 0 amide bonds. The second-order valence-corrected chi connectivity index (χ2v) is 4.11. The third-order valence-corrected chi connectivity index (χ3v) is 2.67. The number of hydrogen-bond acceptors (Lipinski definition) is 2. The first-order chi connectivity index (χ1) is 8.58. The Hall–Kier alpha value is -2.00. The molecule has 90 valence electrons. The van der Waals surface area contributed by atoms with Crippen molar-refractivity contribution in [2.75, 3.05) is 0 Å². The summed E-state index contributed by atoms with van der Waals surface area (Å²) < 4.78 is 12.7. The summed E-state index contributed by atoms with van der Waals surface area (Å²) in [5.41, 5.74) is 0.421. The van der Waals surface area contributed by atoms with Gasteiger partial charge in [0, 0.05) is 16.1 Å². The monoisotopic (exact) mass is 262 g/mol. The van der Waals surface area contributed by atoms with Crippen LogP contribution in [0.3, 0.4) is 0 Å². The summed E-state index contributed by atoms with van der Waals surface area (Å²) in [6.07, 6.45) is 0. The molecule has 0 aliphatic heterocycles. The molecule has 0 spiro atoms. The Bertz CT molecular complexity index is 533. The van der Waals surface area contributed by atoms with Crippen LogP contribution >= 0.6 is 11.6 Å². The number of hydrogen-bond donors (Lipinski definition) is 0. The molecule has 0 aromatic heterocycles. The van der Waals surface area contributed by atoms with Crippen LogP contribution < -0.4 is 0 Å². The zero-order valence-electron chi connectivity index (χ0n) is 9.19. The predicted octanol–water partition coefficient (Wildman–Crippen LogP) is 3.54. The number of carbonyl (C=O) groups excluding carboxylic acids is 2. The molecule has 0 saturated heterocycles. The fraction of sp³-hybridized carbons (Fsp3) is 0. The Morgan fingerprint density at radius 3 is 1.61 bits per heavy atom. The van der Waals surface area contributed by atoms with Gasteiger partial charge in [0.05, 0.1) is 0 Å². The van der Waals surface area contributed by atoms with Crippen molar-refractivity contribution < 1.29 is 14.0 Å². The molecule has 0 N–H and O–H groups in total. The number of halogens is 2. The molecule has 2 aromatic rings. The summed E-state index contributed by atoms with van der Waals surface area (Å²) in [7, 11) is 0. The number of ketones is 2. The molecule has 0 radical (unpaired) electrons. The maximum atomic E-state index is 12.7. The van der Waals surface area contributed by atoms with Gasteiger partial charge in [-0.3, -0.25) is 9.59 Å². The average Bonchev–Trinajstić information content (AvgIpc) is 2.39. The van der Waals surface area contributed by atoms with Gasteiger partial charge < -0.3 is 0 Å². The largest absolute Gasteiger partial charge is 0.285 e. The van der Waals surface area contributed by atoms with Crippen molar-refractivity contribution in [2.45, 2.75) is 0 Å². The van der Waals surface area contributed by atoms with Gasteiger partial charge >= 0.3 is 0 Å². The molecule has 2 rings (SSSR count). The van der Waals surface area contributed by atoms with E-state index < -0.39 is 17.4 Å². The van der Waals surface area contributed by atoms with Gasteiger partial charge in [-0.2, -0.15) is 0 Å². The predicted molar refractivity (Wildman–Crippen MR) is 66.5 cm³/mol. The molecule has 4 heteroatoms. The molecule has 0 fully saturated rings. The average molecular weight is 263 g/mol. The van der Waals surface area contributed by atoms with Crippen LogP contribution in [-0.2, 0) is 0 Å². The minimum absolute atomic E-state index is 0.163. The highest BCUT2D eigenvalue weighted by atomic mass is 35.5. The molecule has 2 aromatic carbocycles. The lowest BCUT2D eigenvalue weighted by Crippen LogP contribution is -2.14. The molecule has 0 atom stereocenters.